The standard InChI is InChI=1S/C29H25ClF3NO5/c1-16(2)27(28(36)37)38-21-6-4-5-18(13-21)15-34-17(3)25(26(35)19-7-9-20(30)10-8-19)23-12-11-22(14-24(23)34)39-29(31,32)33/h4-14,16,27H,15H2,1-3H3,(H,36,37)/t27-/m1/s1. The van der Waals surface area contributed by atoms with Gasteiger partial charge in [0.05, 0.1) is 11.1 Å². The predicted molar refractivity (Wildman–Crippen MR) is 141 cm³/mol. The average Bonchev–Trinajstić information content (AvgIpc) is 3.12. The van der Waals surface area contributed by atoms with E-state index in [1.807, 2.05) is 0 Å². The monoisotopic (exact) mass is 559 g/mol. The molecule has 0 bridgehead atoms. The van der Waals surface area contributed by atoms with E-state index in [-0.39, 0.29) is 18.2 Å². The molecule has 1 aromatic heterocycles. The minimum absolute atomic E-state index is 0.169. The Kier molecular flexibility index (Phi) is 7.92. The molecule has 204 valence electrons. The third kappa shape index (κ3) is 6.37. The Morgan fingerprint density at radius 1 is 1.00 bits per heavy atom. The smallest absolute Gasteiger partial charge is 0.478 e. The van der Waals surface area contributed by atoms with E-state index in [4.69, 9.17) is 16.3 Å². The van der Waals surface area contributed by atoms with Gasteiger partial charge in [-0.3, -0.25) is 4.79 Å². The van der Waals surface area contributed by atoms with E-state index < -0.39 is 24.2 Å². The maximum atomic E-state index is 13.5. The number of aromatic nitrogens is 1. The number of alkyl halides is 3. The Balaban J connectivity index is 1.80. The van der Waals surface area contributed by atoms with Gasteiger partial charge in [-0.15, -0.1) is 13.2 Å². The van der Waals surface area contributed by atoms with Crippen LogP contribution in [0.2, 0.25) is 5.02 Å². The Labute approximate surface area is 227 Å². The highest BCUT2D eigenvalue weighted by Gasteiger charge is 2.32. The van der Waals surface area contributed by atoms with Crippen molar-refractivity contribution in [1.82, 2.24) is 4.57 Å². The zero-order chi connectivity index (χ0) is 28.5. The molecule has 0 saturated carbocycles. The second kappa shape index (κ2) is 11.0. The summed E-state index contributed by atoms with van der Waals surface area (Å²) in [5.74, 6) is -1.77. The second-order valence-electron chi connectivity index (χ2n) is 9.38. The number of carbonyl (C=O) groups excluding carboxylic acids is 1. The van der Waals surface area contributed by atoms with Crippen molar-refractivity contribution >= 4 is 34.3 Å². The van der Waals surface area contributed by atoms with Gasteiger partial charge in [-0.05, 0) is 61.0 Å². The van der Waals surface area contributed by atoms with E-state index in [0.29, 0.717) is 44.1 Å². The number of hydrogen-bond acceptors (Lipinski definition) is 4. The number of carboxylic acid groups (broad SMARTS) is 1. The van der Waals surface area contributed by atoms with Gasteiger partial charge in [0.1, 0.15) is 11.5 Å². The fourth-order valence-electron chi connectivity index (χ4n) is 4.41. The third-order valence-corrected chi connectivity index (χ3v) is 6.47. The number of halogens is 4. The SMILES string of the molecule is Cc1c(C(=O)c2ccc(Cl)cc2)c2ccc(OC(F)(F)F)cc2n1Cc1cccc(O[C@@H](C(=O)O)C(C)C)c1. The normalized spacial score (nSPS) is 12.5. The number of ketones is 1. The molecule has 6 nitrogen and oxygen atoms in total. The summed E-state index contributed by atoms with van der Waals surface area (Å²) in [4.78, 5) is 25.1. The number of carboxylic acids is 1. The summed E-state index contributed by atoms with van der Waals surface area (Å²) in [5, 5.41) is 10.4. The van der Waals surface area contributed by atoms with Gasteiger partial charge in [0, 0.05) is 40.2 Å². The Morgan fingerprint density at radius 3 is 2.31 bits per heavy atom. The molecule has 0 aliphatic carbocycles. The van der Waals surface area contributed by atoms with Gasteiger partial charge in [-0.25, -0.2) is 4.79 Å². The summed E-state index contributed by atoms with van der Waals surface area (Å²) in [5.41, 5.74) is 2.30. The highest BCUT2D eigenvalue weighted by atomic mass is 35.5. The van der Waals surface area contributed by atoms with Crippen LogP contribution in [0.5, 0.6) is 11.5 Å². The van der Waals surface area contributed by atoms with Crippen molar-refractivity contribution in [2.75, 3.05) is 0 Å². The maximum absolute atomic E-state index is 13.5. The Bertz CT molecular complexity index is 1530. The molecule has 0 radical (unpaired) electrons. The summed E-state index contributed by atoms with van der Waals surface area (Å²) >= 11 is 5.97. The van der Waals surface area contributed by atoms with Crippen molar-refractivity contribution < 1.29 is 37.3 Å². The maximum Gasteiger partial charge on any atom is 0.573 e. The summed E-state index contributed by atoms with van der Waals surface area (Å²) in [6, 6.07) is 17.0. The molecule has 1 N–H and O–H groups in total. The quantitative estimate of drug-likeness (QED) is 0.218. The lowest BCUT2D eigenvalue weighted by Crippen LogP contribution is -2.32. The average molecular weight is 560 g/mol. The number of benzene rings is 3. The van der Waals surface area contributed by atoms with Crippen LogP contribution in [0.1, 0.15) is 41.0 Å². The Morgan fingerprint density at radius 2 is 1.69 bits per heavy atom. The highest BCUT2D eigenvalue weighted by molar-refractivity contribution is 6.30. The fraction of sp³-hybridized carbons (Fsp3) is 0.241. The lowest BCUT2D eigenvalue weighted by Gasteiger charge is -2.19. The number of ether oxygens (including phenoxy) is 2. The summed E-state index contributed by atoms with van der Waals surface area (Å²) < 4.78 is 50.5. The number of aliphatic carboxylic acids is 1. The van der Waals surface area contributed by atoms with Crippen LogP contribution in [0, 0.1) is 12.8 Å². The number of fused-ring (bicyclic) bond motifs is 1. The van der Waals surface area contributed by atoms with Crippen LogP contribution in [-0.2, 0) is 11.3 Å². The number of nitrogens with zero attached hydrogens (tertiary/aromatic N) is 1. The lowest BCUT2D eigenvalue weighted by atomic mass is 10.0. The number of hydrogen-bond donors (Lipinski definition) is 1. The summed E-state index contributed by atoms with van der Waals surface area (Å²) in [7, 11) is 0. The zero-order valence-corrected chi connectivity index (χ0v) is 22.0. The molecule has 4 aromatic rings. The van der Waals surface area contributed by atoms with Crippen LogP contribution in [0.15, 0.2) is 66.7 Å². The van der Waals surface area contributed by atoms with Crippen molar-refractivity contribution in [2.45, 2.75) is 39.8 Å². The van der Waals surface area contributed by atoms with Gasteiger partial charge in [0.2, 0.25) is 0 Å². The fourth-order valence-corrected chi connectivity index (χ4v) is 4.53. The molecule has 1 heterocycles. The molecule has 1 atom stereocenters. The molecule has 0 fully saturated rings. The van der Waals surface area contributed by atoms with E-state index in [1.165, 1.54) is 18.2 Å². The molecular formula is C29H25ClF3NO5. The Hall–Kier alpha value is -3.98. The lowest BCUT2D eigenvalue weighted by molar-refractivity contribution is -0.274. The molecule has 3 aromatic carbocycles. The minimum atomic E-state index is -4.88. The first-order valence-electron chi connectivity index (χ1n) is 12.0. The second-order valence-corrected chi connectivity index (χ2v) is 9.81. The van der Waals surface area contributed by atoms with E-state index in [0.717, 1.165) is 0 Å². The van der Waals surface area contributed by atoms with Gasteiger partial charge in [-0.1, -0.05) is 37.6 Å². The molecule has 39 heavy (non-hydrogen) atoms. The van der Waals surface area contributed by atoms with Crippen molar-refractivity contribution in [1.29, 1.82) is 0 Å². The van der Waals surface area contributed by atoms with Crippen LogP contribution < -0.4 is 9.47 Å². The first-order chi connectivity index (χ1) is 18.3. The van der Waals surface area contributed by atoms with Crippen molar-refractivity contribution in [3.8, 4) is 11.5 Å². The van der Waals surface area contributed by atoms with E-state index in [2.05, 4.69) is 4.74 Å². The first kappa shape index (κ1) is 28.0. The van der Waals surface area contributed by atoms with Crippen molar-refractivity contribution in [2.24, 2.45) is 5.92 Å². The molecule has 0 unspecified atom stereocenters. The predicted octanol–water partition coefficient (Wildman–Crippen LogP) is 7.27. The van der Waals surface area contributed by atoms with Crippen molar-refractivity contribution in [3.63, 3.8) is 0 Å². The van der Waals surface area contributed by atoms with Gasteiger partial charge in [0.25, 0.3) is 0 Å². The molecule has 0 spiro atoms. The van der Waals surface area contributed by atoms with Crippen LogP contribution in [0.25, 0.3) is 10.9 Å². The number of rotatable bonds is 9. The van der Waals surface area contributed by atoms with Crippen LogP contribution in [0.3, 0.4) is 0 Å². The van der Waals surface area contributed by atoms with Gasteiger partial charge >= 0.3 is 12.3 Å². The van der Waals surface area contributed by atoms with Crippen LogP contribution in [-0.4, -0.2) is 33.9 Å². The molecule has 0 saturated heterocycles. The van der Waals surface area contributed by atoms with Crippen LogP contribution >= 0.6 is 11.6 Å². The molecule has 0 aliphatic heterocycles. The molecule has 10 heteroatoms. The summed E-state index contributed by atoms with van der Waals surface area (Å²) in [6.07, 6.45) is -5.94. The highest BCUT2D eigenvalue weighted by Crippen LogP contribution is 2.34. The minimum Gasteiger partial charge on any atom is -0.478 e. The molecule has 4 rings (SSSR count). The van der Waals surface area contributed by atoms with Crippen LogP contribution in [0.4, 0.5) is 13.2 Å². The molecule has 0 amide bonds. The third-order valence-electron chi connectivity index (χ3n) is 6.21. The number of carbonyl (C=O) groups is 2. The van der Waals surface area contributed by atoms with Gasteiger partial charge < -0.3 is 19.1 Å². The molecule has 0 aliphatic rings. The van der Waals surface area contributed by atoms with Gasteiger partial charge in [0.15, 0.2) is 11.9 Å². The molecular weight excluding hydrogens is 535 g/mol. The van der Waals surface area contributed by atoms with E-state index >= 15 is 0 Å². The van der Waals surface area contributed by atoms with E-state index in [9.17, 15) is 27.9 Å². The van der Waals surface area contributed by atoms with E-state index in [1.54, 1.807) is 73.9 Å². The largest absolute Gasteiger partial charge is 0.573 e. The first-order valence-corrected chi connectivity index (χ1v) is 12.4. The van der Waals surface area contributed by atoms with Gasteiger partial charge in [-0.2, -0.15) is 0 Å². The van der Waals surface area contributed by atoms with Crippen molar-refractivity contribution in [3.05, 3.63) is 94.1 Å². The topological polar surface area (TPSA) is 77.8 Å². The zero-order valence-electron chi connectivity index (χ0n) is 21.3. The summed E-state index contributed by atoms with van der Waals surface area (Å²) in [6.45, 7) is 5.35.